The van der Waals surface area contributed by atoms with E-state index in [0.29, 0.717) is 31.3 Å². The standard InChI is InChI=1S/C28H30N2O4/c1-20-25(19-33-26-17-22(13-15-29-26)32-16-14-28(2,3)31)30-24-12-8-7-11-23(24)27(20)34-18-21-9-5-4-6-10-21/h4-13,15,17,31H,14,16,18-19H2,1-3H3. The molecular weight excluding hydrogens is 428 g/mol. The highest BCUT2D eigenvalue weighted by atomic mass is 16.5. The molecule has 2 aromatic carbocycles. The van der Waals surface area contributed by atoms with Crippen LogP contribution < -0.4 is 14.2 Å². The second-order valence-corrected chi connectivity index (χ2v) is 8.83. The van der Waals surface area contributed by atoms with Crippen LogP contribution in [0.1, 0.15) is 37.1 Å². The van der Waals surface area contributed by atoms with Gasteiger partial charge in [0.1, 0.15) is 24.7 Å². The molecule has 0 atom stereocenters. The van der Waals surface area contributed by atoms with Gasteiger partial charge < -0.3 is 19.3 Å². The second kappa shape index (κ2) is 10.5. The number of rotatable bonds is 10. The first-order valence-corrected chi connectivity index (χ1v) is 11.4. The van der Waals surface area contributed by atoms with Gasteiger partial charge in [-0.2, -0.15) is 0 Å². The van der Waals surface area contributed by atoms with E-state index in [1.54, 1.807) is 32.2 Å². The summed E-state index contributed by atoms with van der Waals surface area (Å²) in [6.45, 7) is 6.64. The maximum Gasteiger partial charge on any atom is 0.217 e. The lowest BCUT2D eigenvalue weighted by atomic mass is 10.1. The number of benzene rings is 2. The second-order valence-electron chi connectivity index (χ2n) is 8.83. The Kier molecular flexibility index (Phi) is 7.28. The third-order valence-electron chi connectivity index (χ3n) is 5.45. The first-order valence-electron chi connectivity index (χ1n) is 11.4. The maximum atomic E-state index is 9.85. The number of fused-ring (bicyclic) bond motifs is 1. The van der Waals surface area contributed by atoms with Gasteiger partial charge in [0.2, 0.25) is 5.88 Å². The van der Waals surface area contributed by atoms with Crippen LogP contribution in [0.3, 0.4) is 0 Å². The number of pyridine rings is 2. The molecule has 4 rings (SSSR count). The van der Waals surface area contributed by atoms with Crippen LogP contribution in [-0.2, 0) is 13.2 Å². The SMILES string of the molecule is Cc1c(COc2cc(OCCC(C)(C)O)ccn2)nc2ccccc2c1OCc1ccccc1. The minimum Gasteiger partial charge on any atom is -0.493 e. The topological polar surface area (TPSA) is 73.7 Å². The highest BCUT2D eigenvalue weighted by Crippen LogP contribution is 2.31. The monoisotopic (exact) mass is 458 g/mol. The molecule has 34 heavy (non-hydrogen) atoms. The molecule has 4 aromatic rings. The molecule has 0 aliphatic heterocycles. The molecule has 0 bridgehead atoms. The molecule has 6 heteroatoms. The van der Waals surface area contributed by atoms with Crippen LogP contribution in [-0.4, -0.2) is 27.3 Å². The van der Waals surface area contributed by atoms with E-state index in [4.69, 9.17) is 19.2 Å². The van der Waals surface area contributed by atoms with E-state index in [0.717, 1.165) is 33.5 Å². The molecule has 0 saturated carbocycles. The van der Waals surface area contributed by atoms with Crippen molar-refractivity contribution in [1.82, 2.24) is 9.97 Å². The average molecular weight is 459 g/mol. The Hall–Kier alpha value is -3.64. The molecule has 1 N–H and O–H groups in total. The van der Waals surface area contributed by atoms with Crippen LogP contribution in [0.2, 0.25) is 0 Å². The molecule has 2 heterocycles. The number of nitrogens with zero attached hydrogens (tertiary/aromatic N) is 2. The van der Waals surface area contributed by atoms with Gasteiger partial charge in [0.25, 0.3) is 0 Å². The van der Waals surface area contributed by atoms with Crippen LogP contribution in [0.5, 0.6) is 17.4 Å². The number of hydrogen-bond acceptors (Lipinski definition) is 6. The number of aliphatic hydroxyl groups is 1. The molecule has 0 spiro atoms. The van der Waals surface area contributed by atoms with Gasteiger partial charge in [0, 0.05) is 29.6 Å². The van der Waals surface area contributed by atoms with Gasteiger partial charge >= 0.3 is 0 Å². The zero-order valence-corrected chi connectivity index (χ0v) is 19.8. The summed E-state index contributed by atoms with van der Waals surface area (Å²) in [5, 5.41) is 10.8. The molecule has 0 radical (unpaired) electrons. The van der Waals surface area contributed by atoms with Gasteiger partial charge in [0.05, 0.1) is 23.4 Å². The van der Waals surface area contributed by atoms with Gasteiger partial charge in [-0.05, 0) is 44.5 Å². The third kappa shape index (κ3) is 6.23. The Morgan fingerprint density at radius 1 is 0.882 bits per heavy atom. The lowest BCUT2D eigenvalue weighted by molar-refractivity contribution is 0.0553. The van der Waals surface area contributed by atoms with Gasteiger partial charge in [-0.25, -0.2) is 9.97 Å². The van der Waals surface area contributed by atoms with Crippen LogP contribution in [0, 0.1) is 6.92 Å². The first-order chi connectivity index (χ1) is 16.4. The average Bonchev–Trinajstić information content (AvgIpc) is 2.82. The molecule has 0 aliphatic rings. The van der Waals surface area contributed by atoms with E-state index >= 15 is 0 Å². The zero-order chi connectivity index (χ0) is 24.0. The normalized spacial score (nSPS) is 11.4. The summed E-state index contributed by atoms with van der Waals surface area (Å²) in [5.74, 6) is 1.90. The molecule has 0 saturated heterocycles. The van der Waals surface area contributed by atoms with E-state index in [2.05, 4.69) is 4.98 Å². The van der Waals surface area contributed by atoms with Gasteiger partial charge in [0.15, 0.2) is 0 Å². The largest absolute Gasteiger partial charge is 0.493 e. The van der Waals surface area contributed by atoms with E-state index < -0.39 is 5.60 Å². The van der Waals surface area contributed by atoms with Crippen molar-refractivity contribution in [2.45, 2.75) is 46.0 Å². The molecular formula is C28H30N2O4. The van der Waals surface area contributed by atoms with E-state index in [-0.39, 0.29) is 6.61 Å². The molecule has 0 amide bonds. The number of hydrogen-bond donors (Lipinski definition) is 1. The van der Waals surface area contributed by atoms with E-state index in [1.807, 2.05) is 61.5 Å². The van der Waals surface area contributed by atoms with Crippen LogP contribution in [0.4, 0.5) is 0 Å². The Bertz CT molecular complexity index is 1240. The summed E-state index contributed by atoms with van der Waals surface area (Å²) in [5.41, 5.74) is 2.91. The van der Waals surface area contributed by atoms with E-state index in [1.165, 1.54) is 0 Å². The zero-order valence-electron chi connectivity index (χ0n) is 19.8. The molecule has 6 nitrogen and oxygen atoms in total. The van der Waals surface area contributed by atoms with Crippen LogP contribution in [0.15, 0.2) is 72.9 Å². The summed E-state index contributed by atoms with van der Waals surface area (Å²) in [4.78, 5) is 9.10. The van der Waals surface area contributed by atoms with Crippen molar-refractivity contribution >= 4 is 10.9 Å². The first kappa shape index (κ1) is 23.5. The van der Waals surface area contributed by atoms with Crippen molar-refractivity contribution in [1.29, 1.82) is 0 Å². The molecule has 0 fully saturated rings. The van der Waals surface area contributed by atoms with Gasteiger partial charge in [-0.15, -0.1) is 0 Å². The van der Waals surface area contributed by atoms with Gasteiger partial charge in [-0.1, -0.05) is 42.5 Å². The Morgan fingerprint density at radius 3 is 2.44 bits per heavy atom. The van der Waals surface area contributed by atoms with Crippen molar-refractivity contribution in [3.8, 4) is 17.4 Å². The maximum absolute atomic E-state index is 9.85. The summed E-state index contributed by atoms with van der Waals surface area (Å²) in [6, 6.07) is 21.6. The fourth-order valence-electron chi connectivity index (χ4n) is 3.50. The summed E-state index contributed by atoms with van der Waals surface area (Å²) >= 11 is 0. The summed E-state index contributed by atoms with van der Waals surface area (Å²) < 4.78 is 18.0. The summed E-state index contributed by atoms with van der Waals surface area (Å²) in [7, 11) is 0. The predicted molar refractivity (Wildman–Crippen MR) is 132 cm³/mol. The predicted octanol–water partition coefficient (Wildman–Crippen LogP) is 5.64. The number of ether oxygens (including phenoxy) is 3. The van der Waals surface area contributed by atoms with Crippen LogP contribution >= 0.6 is 0 Å². The van der Waals surface area contributed by atoms with Crippen molar-refractivity contribution in [2.24, 2.45) is 0 Å². The minimum atomic E-state index is -0.772. The number of aromatic nitrogens is 2. The fraction of sp³-hybridized carbons (Fsp3) is 0.286. The van der Waals surface area contributed by atoms with Crippen molar-refractivity contribution in [2.75, 3.05) is 6.61 Å². The quantitative estimate of drug-likeness (QED) is 0.332. The summed E-state index contributed by atoms with van der Waals surface area (Å²) in [6.07, 6.45) is 2.17. The molecule has 176 valence electrons. The Morgan fingerprint density at radius 2 is 1.65 bits per heavy atom. The van der Waals surface area contributed by atoms with Crippen molar-refractivity contribution < 1.29 is 19.3 Å². The van der Waals surface area contributed by atoms with Crippen molar-refractivity contribution in [3.63, 3.8) is 0 Å². The number of para-hydroxylation sites is 1. The lowest BCUT2D eigenvalue weighted by Crippen LogP contribution is -2.21. The molecule has 0 aliphatic carbocycles. The third-order valence-corrected chi connectivity index (χ3v) is 5.45. The van der Waals surface area contributed by atoms with Gasteiger partial charge in [-0.3, -0.25) is 0 Å². The molecule has 2 aromatic heterocycles. The highest BCUT2D eigenvalue weighted by Gasteiger charge is 2.15. The minimum absolute atomic E-state index is 0.249. The Balaban J connectivity index is 1.50. The Labute approximate surface area is 200 Å². The highest BCUT2D eigenvalue weighted by molar-refractivity contribution is 5.86. The lowest BCUT2D eigenvalue weighted by Gasteiger charge is -2.17. The van der Waals surface area contributed by atoms with Crippen molar-refractivity contribution in [3.05, 3.63) is 89.7 Å². The molecule has 0 unspecified atom stereocenters. The van der Waals surface area contributed by atoms with Crippen LogP contribution in [0.25, 0.3) is 10.9 Å². The van der Waals surface area contributed by atoms with E-state index in [9.17, 15) is 5.11 Å². The fourth-order valence-corrected chi connectivity index (χ4v) is 3.50. The smallest absolute Gasteiger partial charge is 0.217 e.